The lowest BCUT2D eigenvalue weighted by atomic mass is 10.0. The Labute approximate surface area is 112 Å². The van der Waals surface area contributed by atoms with Crippen molar-refractivity contribution < 1.29 is 24.2 Å². The number of aliphatic carboxylic acids is 1. The Morgan fingerprint density at radius 2 is 2.21 bits per heavy atom. The molecule has 1 rings (SSSR count). The van der Waals surface area contributed by atoms with E-state index < -0.39 is 17.9 Å². The third kappa shape index (κ3) is 4.07. The zero-order valence-electron chi connectivity index (χ0n) is 11.6. The van der Waals surface area contributed by atoms with E-state index in [1.807, 2.05) is 6.92 Å². The lowest BCUT2D eigenvalue weighted by molar-refractivity contribution is -0.142. The summed E-state index contributed by atoms with van der Waals surface area (Å²) in [5.41, 5.74) is 0. The average molecular weight is 274 g/mol. The first kappa shape index (κ1) is 15.7. The van der Waals surface area contributed by atoms with Crippen LogP contribution in [0.15, 0.2) is 0 Å². The number of carbonyl (C=O) groups is 2. The number of ether oxygens (including phenoxy) is 2. The Balaban J connectivity index is 2.58. The summed E-state index contributed by atoms with van der Waals surface area (Å²) in [6.07, 6.45) is 0.747. The van der Waals surface area contributed by atoms with Crippen molar-refractivity contribution in [3.63, 3.8) is 0 Å². The molecule has 1 heterocycles. The van der Waals surface area contributed by atoms with Gasteiger partial charge in [0, 0.05) is 14.2 Å². The van der Waals surface area contributed by atoms with Crippen molar-refractivity contribution >= 4 is 12.0 Å². The summed E-state index contributed by atoms with van der Waals surface area (Å²) < 4.78 is 10.2. The van der Waals surface area contributed by atoms with Gasteiger partial charge >= 0.3 is 12.0 Å². The maximum atomic E-state index is 12.1. The minimum Gasteiger partial charge on any atom is -0.481 e. The van der Waals surface area contributed by atoms with E-state index >= 15 is 0 Å². The first-order chi connectivity index (χ1) is 9.01. The monoisotopic (exact) mass is 274 g/mol. The van der Waals surface area contributed by atoms with E-state index in [-0.39, 0.29) is 25.3 Å². The van der Waals surface area contributed by atoms with Crippen LogP contribution in [0, 0.1) is 5.92 Å². The zero-order chi connectivity index (χ0) is 14.4. The maximum Gasteiger partial charge on any atom is 0.317 e. The van der Waals surface area contributed by atoms with Crippen molar-refractivity contribution in [1.29, 1.82) is 0 Å². The van der Waals surface area contributed by atoms with Crippen LogP contribution in [-0.4, -0.2) is 68.1 Å². The van der Waals surface area contributed by atoms with E-state index in [1.165, 1.54) is 4.90 Å². The van der Waals surface area contributed by atoms with E-state index in [9.17, 15) is 9.59 Å². The molecule has 19 heavy (non-hydrogen) atoms. The fourth-order valence-electron chi connectivity index (χ4n) is 2.05. The van der Waals surface area contributed by atoms with E-state index in [1.54, 1.807) is 14.2 Å². The molecule has 0 aromatic carbocycles. The molecule has 2 amide bonds. The van der Waals surface area contributed by atoms with Crippen molar-refractivity contribution in [2.24, 2.45) is 5.92 Å². The first-order valence-electron chi connectivity index (χ1n) is 6.34. The van der Waals surface area contributed by atoms with Gasteiger partial charge in [-0.1, -0.05) is 6.92 Å². The minimum atomic E-state index is -0.939. The summed E-state index contributed by atoms with van der Waals surface area (Å²) in [6, 6.07) is -0.811. The number of carbonyl (C=O) groups excluding carboxylic acids is 1. The van der Waals surface area contributed by atoms with E-state index in [0.717, 1.165) is 6.42 Å². The Bertz CT molecular complexity index is 323. The standard InChI is InChI=1S/C12H22N2O5/c1-4-8(5-18-3)13-12(17)14(2)10-7-19-6-9(10)11(15)16/h8-10H,4-7H2,1-3H3,(H,13,17)(H,15,16). The van der Waals surface area contributed by atoms with Crippen molar-refractivity contribution in [3.05, 3.63) is 0 Å². The summed E-state index contributed by atoms with van der Waals surface area (Å²) >= 11 is 0. The molecule has 1 fully saturated rings. The highest BCUT2D eigenvalue weighted by Crippen LogP contribution is 2.19. The molecule has 1 aliphatic rings. The number of amides is 2. The summed E-state index contributed by atoms with van der Waals surface area (Å²) in [6.45, 7) is 2.77. The second-order valence-corrected chi connectivity index (χ2v) is 4.67. The molecule has 0 aromatic rings. The second-order valence-electron chi connectivity index (χ2n) is 4.67. The predicted octanol–water partition coefficient (Wildman–Crippen LogP) is 0.152. The number of carboxylic acids is 1. The van der Waals surface area contributed by atoms with Crippen LogP contribution in [0.1, 0.15) is 13.3 Å². The fourth-order valence-corrected chi connectivity index (χ4v) is 2.05. The van der Waals surface area contributed by atoms with E-state index in [4.69, 9.17) is 14.6 Å². The summed E-state index contributed by atoms with van der Waals surface area (Å²) in [5.74, 6) is -1.61. The van der Waals surface area contributed by atoms with Gasteiger partial charge in [0.25, 0.3) is 0 Å². The predicted molar refractivity (Wildman–Crippen MR) is 68.0 cm³/mol. The van der Waals surface area contributed by atoms with Crippen molar-refractivity contribution in [2.75, 3.05) is 34.0 Å². The van der Waals surface area contributed by atoms with Gasteiger partial charge < -0.3 is 24.8 Å². The normalized spacial score (nSPS) is 23.9. The van der Waals surface area contributed by atoms with E-state index in [2.05, 4.69) is 5.32 Å². The van der Waals surface area contributed by atoms with Gasteiger partial charge in [-0.2, -0.15) is 0 Å². The van der Waals surface area contributed by atoms with Gasteiger partial charge in [-0.3, -0.25) is 4.79 Å². The van der Waals surface area contributed by atoms with Crippen LogP contribution in [-0.2, 0) is 14.3 Å². The molecule has 0 aromatic heterocycles. The van der Waals surface area contributed by atoms with Crippen LogP contribution in [0.3, 0.4) is 0 Å². The largest absolute Gasteiger partial charge is 0.481 e. The van der Waals surface area contributed by atoms with Crippen molar-refractivity contribution in [3.8, 4) is 0 Å². The molecule has 0 radical (unpaired) electrons. The number of nitrogens with one attached hydrogen (secondary N) is 1. The third-order valence-corrected chi connectivity index (χ3v) is 3.37. The van der Waals surface area contributed by atoms with Gasteiger partial charge in [-0.25, -0.2) is 4.79 Å². The lowest BCUT2D eigenvalue weighted by Gasteiger charge is -2.28. The summed E-state index contributed by atoms with van der Waals surface area (Å²) in [7, 11) is 3.16. The highest BCUT2D eigenvalue weighted by atomic mass is 16.5. The summed E-state index contributed by atoms with van der Waals surface area (Å²) in [5, 5.41) is 11.9. The highest BCUT2D eigenvalue weighted by molar-refractivity contribution is 5.77. The van der Waals surface area contributed by atoms with Gasteiger partial charge in [0.2, 0.25) is 0 Å². The van der Waals surface area contributed by atoms with Crippen LogP contribution >= 0.6 is 0 Å². The number of rotatable bonds is 6. The van der Waals surface area contributed by atoms with Gasteiger partial charge in [0.05, 0.1) is 31.9 Å². The molecule has 3 atom stereocenters. The third-order valence-electron chi connectivity index (χ3n) is 3.37. The van der Waals surface area contributed by atoms with Crippen molar-refractivity contribution in [2.45, 2.75) is 25.4 Å². The topological polar surface area (TPSA) is 88.1 Å². The number of hydrogen-bond acceptors (Lipinski definition) is 4. The highest BCUT2D eigenvalue weighted by Gasteiger charge is 2.38. The molecule has 0 aliphatic carbocycles. The minimum absolute atomic E-state index is 0.0782. The van der Waals surface area contributed by atoms with Crippen molar-refractivity contribution in [1.82, 2.24) is 10.2 Å². The molecular formula is C12H22N2O5. The van der Waals surface area contributed by atoms with Gasteiger partial charge in [-0.05, 0) is 6.42 Å². The molecule has 1 aliphatic heterocycles. The van der Waals surface area contributed by atoms with Crippen LogP contribution in [0.25, 0.3) is 0 Å². The number of likely N-dealkylation sites (N-methyl/N-ethyl adjacent to an activating group) is 1. The number of methoxy groups -OCH3 is 1. The lowest BCUT2D eigenvalue weighted by Crippen LogP contribution is -2.51. The Morgan fingerprint density at radius 1 is 1.53 bits per heavy atom. The van der Waals surface area contributed by atoms with E-state index in [0.29, 0.717) is 6.61 Å². The van der Waals surface area contributed by atoms with Gasteiger partial charge in [0.1, 0.15) is 5.92 Å². The molecule has 0 saturated carbocycles. The zero-order valence-corrected chi connectivity index (χ0v) is 11.6. The molecule has 3 unspecified atom stereocenters. The summed E-state index contributed by atoms with van der Waals surface area (Å²) in [4.78, 5) is 24.5. The molecule has 2 N–H and O–H groups in total. The first-order valence-corrected chi connectivity index (χ1v) is 6.34. The smallest absolute Gasteiger partial charge is 0.317 e. The SMILES string of the molecule is CCC(COC)NC(=O)N(C)C1COCC1C(=O)O. The fraction of sp³-hybridized carbons (Fsp3) is 0.833. The molecule has 1 saturated heterocycles. The van der Waals surface area contributed by atoms with Crippen LogP contribution in [0.4, 0.5) is 4.79 Å². The Morgan fingerprint density at radius 3 is 2.74 bits per heavy atom. The van der Waals surface area contributed by atoms with Crippen LogP contribution < -0.4 is 5.32 Å². The van der Waals surface area contributed by atoms with Gasteiger partial charge in [0.15, 0.2) is 0 Å². The van der Waals surface area contributed by atoms with Crippen LogP contribution in [0.5, 0.6) is 0 Å². The number of hydrogen-bond donors (Lipinski definition) is 2. The quantitative estimate of drug-likeness (QED) is 0.720. The number of nitrogens with zero attached hydrogens (tertiary/aromatic N) is 1. The maximum absolute atomic E-state index is 12.1. The number of carboxylic acid groups (broad SMARTS) is 1. The Kier molecular flexibility index (Phi) is 6.04. The average Bonchev–Trinajstić information content (AvgIpc) is 2.86. The molecule has 0 bridgehead atoms. The molecular weight excluding hydrogens is 252 g/mol. The van der Waals surface area contributed by atoms with Crippen LogP contribution in [0.2, 0.25) is 0 Å². The molecule has 7 heteroatoms. The molecule has 0 spiro atoms. The molecule has 110 valence electrons. The number of urea groups is 1. The second kappa shape index (κ2) is 7.30. The molecule has 7 nitrogen and oxygen atoms in total. The Hall–Kier alpha value is -1.34. The van der Waals surface area contributed by atoms with Gasteiger partial charge in [-0.15, -0.1) is 0 Å².